The molecule has 1 atom stereocenters. The Morgan fingerprint density at radius 1 is 1.30 bits per heavy atom. The Kier molecular flexibility index (Phi) is 7.70. The summed E-state index contributed by atoms with van der Waals surface area (Å²) in [7, 11) is 1.44. The quantitative estimate of drug-likeness (QED) is 0.589. The van der Waals surface area contributed by atoms with Crippen molar-refractivity contribution < 1.29 is 9.53 Å². The van der Waals surface area contributed by atoms with Crippen molar-refractivity contribution in [3.63, 3.8) is 0 Å². The molecule has 0 fully saturated rings. The van der Waals surface area contributed by atoms with E-state index in [0.717, 1.165) is 13.0 Å². The van der Waals surface area contributed by atoms with Gasteiger partial charge in [-0.1, -0.05) is 32.9 Å². The normalized spacial score (nSPS) is 12.4. The molecule has 0 aliphatic heterocycles. The highest BCUT2D eigenvalue weighted by Crippen LogP contribution is 2.22. The fourth-order valence-corrected chi connectivity index (χ4v) is 2.74. The molecule has 0 aliphatic carbocycles. The highest BCUT2D eigenvalue weighted by Gasteiger charge is 2.18. The Labute approximate surface area is 126 Å². The minimum Gasteiger partial charge on any atom is -0.468 e. The zero-order valence-corrected chi connectivity index (χ0v) is 13.6. The molecule has 20 heavy (non-hydrogen) atoms. The Morgan fingerprint density at radius 3 is 2.45 bits per heavy atom. The number of rotatable bonds is 8. The van der Waals surface area contributed by atoms with E-state index in [2.05, 4.69) is 50.4 Å². The summed E-state index contributed by atoms with van der Waals surface area (Å²) in [5.41, 5.74) is 1.34. The first-order chi connectivity index (χ1) is 9.58. The second kappa shape index (κ2) is 9.03. The van der Waals surface area contributed by atoms with Gasteiger partial charge in [-0.15, -0.1) is 11.8 Å². The van der Waals surface area contributed by atoms with Crippen molar-refractivity contribution in [2.75, 3.05) is 19.4 Å². The summed E-state index contributed by atoms with van der Waals surface area (Å²) in [5, 5.41) is 3.22. The van der Waals surface area contributed by atoms with Crippen LogP contribution in [0.25, 0.3) is 0 Å². The Bertz CT molecular complexity index is 403. The molecule has 1 aromatic rings. The lowest BCUT2D eigenvalue weighted by molar-refractivity contribution is -0.142. The molecule has 1 unspecified atom stereocenters. The molecule has 3 nitrogen and oxygen atoms in total. The molecule has 0 spiro atoms. The van der Waals surface area contributed by atoms with Crippen molar-refractivity contribution in [3.05, 3.63) is 29.8 Å². The molecule has 0 bridgehead atoms. The largest absolute Gasteiger partial charge is 0.468 e. The van der Waals surface area contributed by atoms with Crippen LogP contribution in [0.4, 0.5) is 0 Å². The first kappa shape index (κ1) is 17.1. The number of esters is 1. The van der Waals surface area contributed by atoms with Crippen LogP contribution in [-0.4, -0.2) is 31.4 Å². The van der Waals surface area contributed by atoms with E-state index >= 15 is 0 Å². The number of carbonyl (C=O) groups is 1. The molecule has 0 radical (unpaired) electrons. The van der Waals surface area contributed by atoms with Crippen molar-refractivity contribution >= 4 is 17.7 Å². The zero-order chi connectivity index (χ0) is 15.0. The number of ether oxygens (including phenoxy) is 1. The molecule has 4 heteroatoms. The molecular formula is C16H25NO2S. The Morgan fingerprint density at radius 2 is 1.95 bits per heavy atom. The number of hydrogen-bond acceptors (Lipinski definition) is 4. The monoisotopic (exact) mass is 295 g/mol. The number of nitrogens with one attached hydrogen (secondary N) is 1. The number of carbonyl (C=O) groups excluding carboxylic acids is 1. The van der Waals surface area contributed by atoms with Gasteiger partial charge in [-0.2, -0.15) is 0 Å². The van der Waals surface area contributed by atoms with E-state index in [1.165, 1.54) is 17.6 Å². The SMILES string of the molecule is CCCNC(CSc1ccc(C(C)C)cc1)C(=O)OC. The maximum absolute atomic E-state index is 11.7. The van der Waals surface area contributed by atoms with E-state index in [1.54, 1.807) is 11.8 Å². The maximum atomic E-state index is 11.7. The van der Waals surface area contributed by atoms with E-state index in [1.807, 2.05) is 0 Å². The number of hydrogen-bond donors (Lipinski definition) is 1. The predicted molar refractivity (Wildman–Crippen MR) is 85.4 cm³/mol. The van der Waals surface area contributed by atoms with E-state index in [9.17, 15) is 4.79 Å². The summed E-state index contributed by atoms with van der Waals surface area (Å²) in [6.07, 6.45) is 1.00. The van der Waals surface area contributed by atoms with Crippen LogP contribution in [0.3, 0.4) is 0 Å². The molecule has 0 aromatic heterocycles. The second-order valence-electron chi connectivity index (χ2n) is 5.06. The second-order valence-corrected chi connectivity index (χ2v) is 6.16. The number of thioether (sulfide) groups is 1. The van der Waals surface area contributed by atoms with Crippen molar-refractivity contribution in [1.82, 2.24) is 5.32 Å². The smallest absolute Gasteiger partial charge is 0.323 e. The van der Waals surface area contributed by atoms with Crippen LogP contribution >= 0.6 is 11.8 Å². The standard InChI is InChI=1S/C16H25NO2S/c1-5-10-17-15(16(18)19-4)11-20-14-8-6-13(7-9-14)12(2)3/h6-9,12,15,17H,5,10-11H2,1-4H3. The van der Waals surface area contributed by atoms with Gasteiger partial charge in [0.2, 0.25) is 0 Å². The summed E-state index contributed by atoms with van der Waals surface area (Å²) in [6, 6.07) is 8.30. The van der Waals surface area contributed by atoms with Gasteiger partial charge < -0.3 is 10.1 Å². The number of benzene rings is 1. The summed E-state index contributed by atoms with van der Waals surface area (Å²) in [6.45, 7) is 7.28. The van der Waals surface area contributed by atoms with Crippen LogP contribution in [0, 0.1) is 0 Å². The first-order valence-electron chi connectivity index (χ1n) is 7.12. The lowest BCUT2D eigenvalue weighted by Crippen LogP contribution is -2.40. The molecule has 0 aliphatic rings. The van der Waals surface area contributed by atoms with Crippen LogP contribution in [0.15, 0.2) is 29.2 Å². The molecule has 1 N–H and O–H groups in total. The van der Waals surface area contributed by atoms with Gasteiger partial charge in [0.25, 0.3) is 0 Å². The molecular weight excluding hydrogens is 270 g/mol. The molecule has 0 heterocycles. The van der Waals surface area contributed by atoms with Gasteiger partial charge >= 0.3 is 5.97 Å². The third kappa shape index (κ3) is 5.55. The lowest BCUT2D eigenvalue weighted by Gasteiger charge is -2.15. The van der Waals surface area contributed by atoms with E-state index < -0.39 is 0 Å². The number of methoxy groups -OCH3 is 1. The van der Waals surface area contributed by atoms with Gasteiger partial charge in [-0.3, -0.25) is 4.79 Å². The third-order valence-corrected chi connectivity index (χ3v) is 4.20. The summed E-state index contributed by atoms with van der Waals surface area (Å²) in [4.78, 5) is 12.9. The van der Waals surface area contributed by atoms with Gasteiger partial charge in [0.1, 0.15) is 6.04 Å². The fourth-order valence-electron chi connectivity index (χ4n) is 1.80. The van der Waals surface area contributed by atoms with Gasteiger partial charge in [0.05, 0.1) is 7.11 Å². The van der Waals surface area contributed by atoms with E-state index in [0.29, 0.717) is 11.7 Å². The maximum Gasteiger partial charge on any atom is 0.323 e. The third-order valence-electron chi connectivity index (χ3n) is 3.09. The van der Waals surface area contributed by atoms with E-state index in [4.69, 9.17) is 4.74 Å². The summed E-state index contributed by atoms with van der Waals surface area (Å²) >= 11 is 1.68. The van der Waals surface area contributed by atoms with Crippen molar-refractivity contribution in [3.8, 4) is 0 Å². The van der Waals surface area contributed by atoms with Crippen LogP contribution in [0.1, 0.15) is 38.7 Å². The van der Waals surface area contributed by atoms with Gasteiger partial charge in [-0.25, -0.2) is 0 Å². The predicted octanol–water partition coefficient (Wildman–Crippen LogP) is 3.44. The Hall–Kier alpha value is -1.00. The Balaban J connectivity index is 2.55. The van der Waals surface area contributed by atoms with Crippen LogP contribution in [0.2, 0.25) is 0 Å². The average Bonchev–Trinajstić information content (AvgIpc) is 2.47. The van der Waals surface area contributed by atoms with E-state index in [-0.39, 0.29) is 12.0 Å². The van der Waals surface area contributed by atoms with Gasteiger partial charge in [-0.05, 0) is 36.6 Å². The molecule has 0 saturated carbocycles. The molecule has 112 valence electrons. The first-order valence-corrected chi connectivity index (χ1v) is 8.11. The summed E-state index contributed by atoms with van der Waals surface area (Å²) < 4.78 is 4.83. The lowest BCUT2D eigenvalue weighted by atomic mass is 10.0. The fraction of sp³-hybridized carbons (Fsp3) is 0.562. The van der Waals surface area contributed by atoms with Gasteiger partial charge in [0.15, 0.2) is 0 Å². The minimum absolute atomic E-state index is 0.190. The molecule has 0 saturated heterocycles. The zero-order valence-electron chi connectivity index (χ0n) is 12.8. The van der Waals surface area contributed by atoms with Crippen LogP contribution < -0.4 is 5.32 Å². The van der Waals surface area contributed by atoms with Crippen molar-refractivity contribution in [1.29, 1.82) is 0 Å². The van der Waals surface area contributed by atoms with Crippen molar-refractivity contribution in [2.45, 2.75) is 44.0 Å². The molecule has 0 amide bonds. The average molecular weight is 295 g/mol. The molecule has 1 aromatic carbocycles. The highest BCUT2D eigenvalue weighted by molar-refractivity contribution is 7.99. The molecule has 1 rings (SSSR count). The van der Waals surface area contributed by atoms with Crippen LogP contribution in [-0.2, 0) is 9.53 Å². The van der Waals surface area contributed by atoms with Crippen molar-refractivity contribution in [2.24, 2.45) is 0 Å². The topological polar surface area (TPSA) is 38.3 Å². The minimum atomic E-state index is -0.241. The van der Waals surface area contributed by atoms with Gasteiger partial charge in [0, 0.05) is 10.6 Å². The highest BCUT2D eigenvalue weighted by atomic mass is 32.2. The van der Waals surface area contributed by atoms with Crippen LogP contribution in [0.5, 0.6) is 0 Å². The summed E-state index contributed by atoms with van der Waals surface area (Å²) in [5.74, 6) is 1.04.